The minimum Gasteiger partial charge on any atom is -0.468 e. The lowest BCUT2D eigenvalue weighted by atomic mass is 9.59. The summed E-state index contributed by atoms with van der Waals surface area (Å²) in [5.74, 6) is -1.69. The molecule has 3 aromatic carbocycles. The molecule has 3 aromatic rings. The molecule has 0 amide bonds. The summed E-state index contributed by atoms with van der Waals surface area (Å²) in [5, 5.41) is 1.95. The summed E-state index contributed by atoms with van der Waals surface area (Å²) < 4.78 is 11.1. The largest absolute Gasteiger partial charge is 0.468 e. The molecule has 0 aliphatic carbocycles. The van der Waals surface area contributed by atoms with Crippen molar-refractivity contribution < 1.29 is 23.9 Å². The first kappa shape index (κ1) is 23.9. The molecule has 0 fully saturated rings. The fourth-order valence-electron chi connectivity index (χ4n) is 4.10. The zero-order chi connectivity index (χ0) is 23.5. The highest BCUT2D eigenvalue weighted by molar-refractivity contribution is 14.1. The second-order valence-electron chi connectivity index (χ2n) is 8.11. The lowest BCUT2D eigenvalue weighted by Gasteiger charge is -2.42. The van der Waals surface area contributed by atoms with Crippen LogP contribution >= 0.6 is 22.6 Å². The average molecular weight is 544 g/mol. The topological polar surface area (TPSA) is 69.7 Å². The molecule has 0 saturated carbocycles. The molecule has 1 atom stereocenters. The second kappa shape index (κ2) is 9.40. The Morgan fingerprint density at radius 2 is 1.38 bits per heavy atom. The maximum Gasteiger partial charge on any atom is 0.323 e. The Hall–Kier alpha value is -2.74. The number of Topliss-reactive ketones (excluding diaryl/α,β-unsaturated/α-hetero) is 1. The number of halogens is 1. The Morgan fingerprint density at radius 1 is 0.812 bits per heavy atom. The monoisotopic (exact) mass is 544 g/mol. The average Bonchev–Trinajstić information content (AvgIpc) is 2.82. The van der Waals surface area contributed by atoms with E-state index in [0.717, 1.165) is 14.3 Å². The molecule has 5 nitrogen and oxygen atoms in total. The number of hydrogen-bond donors (Lipinski definition) is 0. The summed E-state index contributed by atoms with van der Waals surface area (Å²) in [6, 6.07) is 20.7. The Bertz CT molecular complexity index is 1150. The van der Waals surface area contributed by atoms with E-state index in [1.165, 1.54) is 21.1 Å². The van der Waals surface area contributed by atoms with Gasteiger partial charge in [-0.15, -0.1) is 0 Å². The maximum atomic E-state index is 13.4. The van der Waals surface area contributed by atoms with Crippen molar-refractivity contribution >= 4 is 51.1 Å². The van der Waals surface area contributed by atoms with Crippen molar-refractivity contribution in [2.24, 2.45) is 5.41 Å². The highest BCUT2D eigenvalue weighted by Gasteiger charge is 2.59. The summed E-state index contributed by atoms with van der Waals surface area (Å²) in [6.45, 7) is 3.23. The van der Waals surface area contributed by atoms with Crippen LogP contribution in [0.5, 0.6) is 0 Å². The molecule has 0 aromatic heterocycles. The standard InChI is InChI=1S/C26H25IO5/c1-25(26(2,23(29)31-3)24(30)32-4,16-22(28)18-10-13-21(27)14-11-18)20-12-9-17-7-5-6-8-19(17)15-20/h5-15H,16H2,1-4H3. The molecule has 0 aliphatic rings. The third-order valence-electron chi connectivity index (χ3n) is 6.36. The molecule has 0 radical (unpaired) electrons. The summed E-state index contributed by atoms with van der Waals surface area (Å²) in [5.41, 5.74) is -1.81. The number of benzene rings is 3. The first-order valence-corrected chi connectivity index (χ1v) is 11.2. The van der Waals surface area contributed by atoms with Gasteiger partial charge < -0.3 is 9.47 Å². The van der Waals surface area contributed by atoms with Crippen molar-refractivity contribution in [3.63, 3.8) is 0 Å². The van der Waals surface area contributed by atoms with Crippen LogP contribution in [0.15, 0.2) is 66.7 Å². The van der Waals surface area contributed by atoms with E-state index >= 15 is 0 Å². The van der Waals surface area contributed by atoms with E-state index in [0.29, 0.717) is 11.1 Å². The van der Waals surface area contributed by atoms with E-state index in [-0.39, 0.29) is 12.2 Å². The molecule has 0 spiro atoms. The van der Waals surface area contributed by atoms with Gasteiger partial charge in [0.2, 0.25) is 0 Å². The van der Waals surface area contributed by atoms with Gasteiger partial charge in [-0.3, -0.25) is 14.4 Å². The van der Waals surface area contributed by atoms with E-state index < -0.39 is 22.8 Å². The zero-order valence-corrected chi connectivity index (χ0v) is 20.6. The van der Waals surface area contributed by atoms with E-state index in [1.807, 2.05) is 54.6 Å². The molecule has 32 heavy (non-hydrogen) atoms. The minimum atomic E-state index is -1.75. The van der Waals surface area contributed by atoms with Crippen LogP contribution in [-0.2, 0) is 24.5 Å². The number of ketones is 1. The lowest BCUT2D eigenvalue weighted by molar-refractivity contribution is -0.173. The van der Waals surface area contributed by atoms with Crippen molar-refractivity contribution in [2.45, 2.75) is 25.7 Å². The van der Waals surface area contributed by atoms with Crippen LogP contribution < -0.4 is 0 Å². The van der Waals surface area contributed by atoms with Gasteiger partial charge in [0.15, 0.2) is 11.2 Å². The predicted molar refractivity (Wildman–Crippen MR) is 132 cm³/mol. The van der Waals surface area contributed by atoms with Crippen molar-refractivity contribution in [2.75, 3.05) is 14.2 Å². The van der Waals surface area contributed by atoms with Crippen LogP contribution in [0, 0.1) is 8.99 Å². The fraction of sp³-hybridized carbons (Fsp3) is 0.269. The Kier molecular flexibility index (Phi) is 7.03. The van der Waals surface area contributed by atoms with Gasteiger partial charge in [0, 0.05) is 21.0 Å². The first-order chi connectivity index (χ1) is 15.2. The maximum absolute atomic E-state index is 13.4. The molecule has 0 bridgehead atoms. The summed E-state index contributed by atoms with van der Waals surface area (Å²) in [6.07, 6.45) is -0.0906. The molecule has 1 unspecified atom stereocenters. The number of ether oxygens (including phenoxy) is 2. The molecule has 3 rings (SSSR count). The van der Waals surface area contributed by atoms with Crippen LogP contribution in [0.1, 0.15) is 36.2 Å². The second-order valence-corrected chi connectivity index (χ2v) is 9.35. The number of fused-ring (bicyclic) bond motifs is 1. The van der Waals surface area contributed by atoms with Crippen LogP contribution in [0.2, 0.25) is 0 Å². The number of carbonyl (C=O) groups excluding carboxylic acids is 3. The van der Waals surface area contributed by atoms with E-state index in [4.69, 9.17) is 9.47 Å². The van der Waals surface area contributed by atoms with Gasteiger partial charge >= 0.3 is 11.9 Å². The van der Waals surface area contributed by atoms with Gasteiger partial charge in [-0.05, 0) is 58.0 Å². The highest BCUT2D eigenvalue weighted by Crippen LogP contribution is 2.47. The number of methoxy groups -OCH3 is 2. The van der Waals surface area contributed by atoms with Gasteiger partial charge in [0.05, 0.1) is 14.2 Å². The van der Waals surface area contributed by atoms with Crippen LogP contribution in [0.4, 0.5) is 0 Å². The minimum absolute atomic E-state index is 0.0906. The van der Waals surface area contributed by atoms with Gasteiger partial charge in [-0.1, -0.05) is 61.5 Å². The molecule has 166 valence electrons. The normalized spacial score (nSPS) is 13.3. The van der Waals surface area contributed by atoms with Gasteiger partial charge in [-0.2, -0.15) is 0 Å². The quantitative estimate of drug-likeness (QED) is 0.174. The third-order valence-corrected chi connectivity index (χ3v) is 7.08. The number of esters is 2. The highest BCUT2D eigenvalue weighted by atomic mass is 127. The molecular formula is C26H25IO5. The lowest BCUT2D eigenvalue weighted by Crippen LogP contribution is -2.54. The van der Waals surface area contributed by atoms with Crippen molar-refractivity contribution in [1.29, 1.82) is 0 Å². The molecule has 0 saturated heterocycles. The molecule has 6 heteroatoms. The Morgan fingerprint density at radius 3 is 1.94 bits per heavy atom. The van der Waals surface area contributed by atoms with Gasteiger partial charge in [-0.25, -0.2) is 0 Å². The van der Waals surface area contributed by atoms with E-state index in [1.54, 1.807) is 19.1 Å². The summed E-state index contributed by atoms with van der Waals surface area (Å²) in [7, 11) is 2.45. The zero-order valence-electron chi connectivity index (χ0n) is 18.5. The predicted octanol–water partition coefficient (Wildman–Crippen LogP) is 5.33. The Labute approximate surface area is 201 Å². The van der Waals surface area contributed by atoms with E-state index in [9.17, 15) is 14.4 Å². The van der Waals surface area contributed by atoms with Gasteiger partial charge in [0.1, 0.15) is 0 Å². The number of hydrogen-bond acceptors (Lipinski definition) is 5. The van der Waals surface area contributed by atoms with Crippen molar-refractivity contribution in [3.05, 3.63) is 81.4 Å². The third kappa shape index (κ3) is 4.16. The molecule has 0 heterocycles. The summed E-state index contributed by atoms with van der Waals surface area (Å²) in [4.78, 5) is 39.5. The van der Waals surface area contributed by atoms with Crippen LogP contribution in [0.3, 0.4) is 0 Å². The smallest absolute Gasteiger partial charge is 0.323 e. The van der Waals surface area contributed by atoms with Crippen LogP contribution in [0.25, 0.3) is 10.8 Å². The Balaban J connectivity index is 2.22. The van der Waals surface area contributed by atoms with E-state index in [2.05, 4.69) is 22.6 Å². The fourth-order valence-corrected chi connectivity index (χ4v) is 4.46. The molecule has 0 N–H and O–H groups in total. The summed E-state index contributed by atoms with van der Waals surface area (Å²) >= 11 is 2.17. The molecule has 0 aliphatic heterocycles. The van der Waals surface area contributed by atoms with Crippen molar-refractivity contribution in [1.82, 2.24) is 0 Å². The van der Waals surface area contributed by atoms with Crippen molar-refractivity contribution in [3.8, 4) is 0 Å². The van der Waals surface area contributed by atoms with Crippen LogP contribution in [-0.4, -0.2) is 31.9 Å². The first-order valence-electron chi connectivity index (χ1n) is 10.1. The number of rotatable bonds is 7. The van der Waals surface area contributed by atoms with Gasteiger partial charge in [0.25, 0.3) is 0 Å². The number of carbonyl (C=O) groups is 3. The molecular weight excluding hydrogens is 519 g/mol. The SMILES string of the molecule is COC(=O)C(C)(C(=O)OC)C(C)(CC(=O)c1ccc(I)cc1)c1ccc2ccccc2c1.